The molecule has 150 valence electrons. The monoisotopic (exact) mass is 495 g/mol. The molecule has 1 N–H and O–H groups in total. The number of benzene rings is 1. The number of halogens is 3. The SMILES string of the molecule is CN=C(NCc1ccc(OC)cc1OC(F)F)N(C)Cc1cnn(C)c1.I. The van der Waals surface area contributed by atoms with E-state index < -0.39 is 6.61 Å². The molecule has 0 aliphatic rings. The highest BCUT2D eigenvalue weighted by molar-refractivity contribution is 14.0. The van der Waals surface area contributed by atoms with Crippen molar-refractivity contribution in [2.45, 2.75) is 19.7 Å². The highest BCUT2D eigenvalue weighted by Crippen LogP contribution is 2.26. The number of rotatable bonds is 7. The van der Waals surface area contributed by atoms with Crippen molar-refractivity contribution in [2.24, 2.45) is 12.0 Å². The van der Waals surface area contributed by atoms with Gasteiger partial charge in [0.1, 0.15) is 11.5 Å². The Bertz CT molecular complexity index is 755. The van der Waals surface area contributed by atoms with Crippen LogP contribution >= 0.6 is 24.0 Å². The minimum Gasteiger partial charge on any atom is -0.497 e. The number of aryl methyl sites for hydroxylation is 1. The summed E-state index contributed by atoms with van der Waals surface area (Å²) in [4.78, 5) is 6.13. The number of hydrogen-bond donors (Lipinski definition) is 1. The minimum absolute atomic E-state index is 0. The highest BCUT2D eigenvalue weighted by Gasteiger charge is 2.13. The second-order valence-corrected chi connectivity index (χ2v) is 5.63. The number of ether oxygens (including phenoxy) is 2. The molecule has 2 rings (SSSR count). The third kappa shape index (κ3) is 6.85. The van der Waals surface area contributed by atoms with E-state index in [0.717, 1.165) is 5.56 Å². The Balaban J connectivity index is 0.00000364. The molecule has 0 unspecified atom stereocenters. The third-order valence-corrected chi connectivity index (χ3v) is 3.68. The first kappa shape index (κ1) is 22.9. The quantitative estimate of drug-likeness (QED) is 0.364. The number of aromatic nitrogens is 2. The molecule has 0 aliphatic carbocycles. The Kier molecular flexibility index (Phi) is 9.26. The molecule has 7 nitrogen and oxygen atoms in total. The number of hydrogen-bond acceptors (Lipinski definition) is 4. The van der Waals surface area contributed by atoms with E-state index in [1.165, 1.54) is 13.2 Å². The molecule has 1 aromatic carbocycles. The lowest BCUT2D eigenvalue weighted by Gasteiger charge is -2.22. The Hall–Kier alpha value is -2.11. The average molecular weight is 495 g/mol. The number of guanidine groups is 1. The molecule has 0 radical (unpaired) electrons. The Labute approximate surface area is 174 Å². The smallest absolute Gasteiger partial charge is 0.387 e. The standard InChI is InChI=1S/C17H23F2N5O2.HI/c1-20-17(23(2)10-12-8-22-24(3)11-12)21-9-13-5-6-14(25-4)7-15(13)26-16(18)19;/h5-8,11,16H,9-10H2,1-4H3,(H,20,21);1H. The Morgan fingerprint density at radius 2 is 2.15 bits per heavy atom. The number of alkyl halides is 2. The van der Waals surface area contributed by atoms with Crippen LogP contribution in [-0.4, -0.2) is 48.5 Å². The molecule has 0 aliphatic heterocycles. The maximum atomic E-state index is 12.7. The highest BCUT2D eigenvalue weighted by atomic mass is 127. The maximum Gasteiger partial charge on any atom is 0.387 e. The van der Waals surface area contributed by atoms with Crippen LogP contribution in [-0.2, 0) is 20.1 Å². The van der Waals surface area contributed by atoms with Gasteiger partial charge in [-0.15, -0.1) is 24.0 Å². The molecule has 0 atom stereocenters. The molecule has 0 saturated heterocycles. The average Bonchev–Trinajstić information content (AvgIpc) is 3.00. The van der Waals surface area contributed by atoms with E-state index in [2.05, 4.69) is 20.1 Å². The first-order valence-corrected chi connectivity index (χ1v) is 7.94. The minimum atomic E-state index is -2.91. The summed E-state index contributed by atoms with van der Waals surface area (Å²) in [6, 6.07) is 4.81. The largest absolute Gasteiger partial charge is 0.497 e. The van der Waals surface area contributed by atoms with E-state index in [1.807, 2.05) is 25.2 Å². The van der Waals surface area contributed by atoms with Gasteiger partial charge in [-0.25, -0.2) is 0 Å². The molecular weight excluding hydrogens is 471 g/mol. The van der Waals surface area contributed by atoms with Crippen LogP contribution < -0.4 is 14.8 Å². The Morgan fingerprint density at radius 1 is 1.41 bits per heavy atom. The molecule has 0 spiro atoms. The summed E-state index contributed by atoms with van der Waals surface area (Å²) in [5.41, 5.74) is 1.60. The van der Waals surface area contributed by atoms with Crippen molar-refractivity contribution >= 4 is 29.9 Å². The molecule has 2 aromatic rings. The predicted octanol–water partition coefficient (Wildman–Crippen LogP) is 2.86. The van der Waals surface area contributed by atoms with Crippen LogP contribution in [0.5, 0.6) is 11.5 Å². The topological polar surface area (TPSA) is 63.9 Å². The van der Waals surface area contributed by atoms with E-state index in [9.17, 15) is 8.78 Å². The fourth-order valence-electron chi connectivity index (χ4n) is 2.47. The summed E-state index contributed by atoms with van der Waals surface area (Å²) in [5, 5.41) is 7.28. The zero-order valence-corrected chi connectivity index (χ0v) is 18.0. The first-order chi connectivity index (χ1) is 12.4. The lowest BCUT2D eigenvalue weighted by Crippen LogP contribution is -2.38. The van der Waals surface area contributed by atoms with Gasteiger partial charge in [0.05, 0.1) is 13.3 Å². The summed E-state index contributed by atoms with van der Waals surface area (Å²) in [7, 11) is 6.86. The van der Waals surface area contributed by atoms with E-state index in [-0.39, 0.29) is 36.3 Å². The van der Waals surface area contributed by atoms with Gasteiger partial charge in [-0.05, 0) is 12.1 Å². The number of methoxy groups -OCH3 is 1. The number of nitrogens with zero attached hydrogens (tertiary/aromatic N) is 4. The van der Waals surface area contributed by atoms with E-state index >= 15 is 0 Å². The molecule has 1 heterocycles. The van der Waals surface area contributed by atoms with E-state index in [1.54, 1.807) is 30.1 Å². The van der Waals surface area contributed by atoms with Crippen molar-refractivity contribution in [1.29, 1.82) is 0 Å². The molecule has 0 amide bonds. The van der Waals surface area contributed by atoms with Crippen molar-refractivity contribution in [3.8, 4) is 11.5 Å². The fraction of sp³-hybridized carbons (Fsp3) is 0.412. The van der Waals surface area contributed by atoms with Crippen LogP contribution in [0.3, 0.4) is 0 Å². The van der Waals surface area contributed by atoms with Crippen LogP contribution in [0.4, 0.5) is 8.78 Å². The van der Waals surface area contributed by atoms with Crippen LogP contribution in [0.1, 0.15) is 11.1 Å². The summed E-state index contributed by atoms with van der Waals surface area (Å²) >= 11 is 0. The molecular formula is C17H24F2IN5O2. The predicted molar refractivity (Wildman–Crippen MR) is 110 cm³/mol. The lowest BCUT2D eigenvalue weighted by atomic mass is 10.2. The van der Waals surface area contributed by atoms with E-state index in [4.69, 9.17) is 4.74 Å². The van der Waals surface area contributed by atoms with Crippen molar-refractivity contribution in [2.75, 3.05) is 21.2 Å². The van der Waals surface area contributed by atoms with Gasteiger partial charge in [0.2, 0.25) is 0 Å². The summed E-state index contributed by atoms with van der Waals surface area (Å²) in [6.45, 7) is -2.03. The van der Waals surface area contributed by atoms with Gasteiger partial charge >= 0.3 is 6.61 Å². The molecule has 27 heavy (non-hydrogen) atoms. The third-order valence-electron chi connectivity index (χ3n) is 3.68. The fourth-order valence-corrected chi connectivity index (χ4v) is 2.47. The zero-order chi connectivity index (χ0) is 19.1. The molecule has 0 fully saturated rings. The van der Waals surface area contributed by atoms with Gasteiger partial charge in [0, 0.05) is 57.6 Å². The molecule has 1 aromatic heterocycles. The van der Waals surface area contributed by atoms with Crippen molar-refractivity contribution in [1.82, 2.24) is 20.0 Å². The lowest BCUT2D eigenvalue weighted by molar-refractivity contribution is -0.0505. The van der Waals surface area contributed by atoms with Gasteiger partial charge in [-0.3, -0.25) is 9.67 Å². The van der Waals surface area contributed by atoms with Crippen LogP contribution in [0.25, 0.3) is 0 Å². The normalized spacial score (nSPS) is 11.1. The van der Waals surface area contributed by atoms with Gasteiger partial charge < -0.3 is 19.7 Å². The summed E-state index contributed by atoms with van der Waals surface area (Å²) in [6.07, 6.45) is 3.70. The number of aliphatic imine (C=N–C) groups is 1. The van der Waals surface area contributed by atoms with Crippen molar-refractivity contribution < 1.29 is 18.3 Å². The summed E-state index contributed by atoms with van der Waals surface area (Å²) < 4.78 is 36.7. The van der Waals surface area contributed by atoms with Crippen molar-refractivity contribution in [3.63, 3.8) is 0 Å². The number of nitrogens with one attached hydrogen (secondary N) is 1. The summed E-state index contributed by atoms with van der Waals surface area (Å²) in [5.74, 6) is 1.13. The molecule has 0 bridgehead atoms. The second kappa shape index (κ2) is 10.9. The van der Waals surface area contributed by atoms with Crippen LogP contribution in [0.2, 0.25) is 0 Å². The van der Waals surface area contributed by atoms with Gasteiger partial charge in [0.15, 0.2) is 5.96 Å². The first-order valence-electron chi connectivity index (χ1n) is 7.94. The van der Waals surface area contributed by atoms with E-state index in [0.29, 0.717) is 23.8 Å². The van der Waals surface area contributed by atoms with Gasteiger partial charge in [-0.1, -0.05) is 0 Å². The molecule has 0 saturated carbocycles. The Morgan fingerprint density at radius 3 is 2.70 bits per heavy atom. The maximum absolute atomic E-state index is 12.7. The second-order valence-electron chi connectivity index (χ2n) is 5.63. The zero-order valence-electron chi connectivity index (χ0n) is 15.6. The van der Waals surface area contributed by atoms with Crippen LogP contribution in [0.15, 0.2) is 35.6 Å². The van der Waals surface area contributed by atoms with Gasteiger partial charge in [0.25, 0.3) is 0 Å². The van der Waals surface area contributed by atoms with Crippen molar-refractivity contribution in [3.05, 3.63) is 41.7 Å². The van der Waals surface area contributed by atoms with Crippen LogP contribution in [0, 0.1) is 0 Å². The molecule has 10 heteroatoms. The van der Waals surface area contributed by atoms with Gasteiger partial charge in [-0.2, -0.15) is 13.9 Å².